The van der Waals surface area contributed by atoms with Crippen molar-refractivity contribution in [3.8, 4) is 0 Å². The first-order chi connectivity index (χ1) is 7.81. The molecule has 0 spiro atoms. The summed E-state index contributed by atoms with van der Waals surface area (Å²) < 4.78 is 0. The van der Waals surface area contributed by atoms with E-state index in [-0.39, 0.29) is 5.78 Å². The van der Waals surface area contributed by atoms with E-state index >= 15 is 0 Å². The first-order valence-electron chi connectivity index (χ1n) is 5.45. The van der Waals surface area contributed by atoms with Crippen LogP contribution in [0.25, 0.3) is 6.08 Å². The average molecular weight is 214 g/mol. The Balaban J connectivity index is 2.27. The summed E-state index contributed by atoms with van der Waals surface area (Å²) in [4.78, 5) is 11.9. The molecular formula is C14H14O2. The maximum atomic E-state index is 11.9. The monoisotopic (exact) mass is 214 g/mol. The molecule has 0 amide bonds. The largest absolute Gasteiger partial charge is 0.515 e. The number of hydrogen-bond donors (Lipinski definition) is 1. The van der Waals surface area contributed by atoms with Gasteiger partial charge in [0.1, 0.15) is 0 Å². The zero-order valence-electron chi connectivity index (χ0n) is 9.02. The van der Waals surface area contributed by atoms with Crippen LogP contribution in [-0.2, 0) is 4.79 Å². The lowest BCUT2D eigenvalue weighted by molar-refractivity contribution is -0.113. The van der Waals surface area contributed by atoms with Crippen molar-refractivity contribution < 1.29 is 9.90 Å². The van der Waals surface area contributed by atoms with Crippen LogP contribution in [0.1, 0.15) is 24.8 Å². The topological polar surface area (TPSA) is 37.3 Å². The van der Waals surface area contributed by atoms with Crippen molar-refractivity contribution in [3.63, 3.8) is 0 Å². The Morgan fingerprint density at radius 3 is 2.44 bits per heavy atom. The molecule has 16 heavy (non-hydrogen) atoms. The van der Waals surface area contributed by atoms with Crippen LogP contribution in [0.15, 0.2) is 47.7 Å². The summed E-state index contributed by atoms with van der Waals surface area (Å²) in [7, 11) is 0. The smallest absolute Gasteiger partial charge is 0.188 e. The van der Waals surface area contributed by atoms with E-state index in [1.54, 1.807) is 0 Å². The predicted octanol–water partition coefficient (Wildman–Crippen LogP) is 3.26. The van der Waals surface area contributed by atoms with Gasteiger partial charge in [0.25, 0.3) is 0 Å². The number of carbonyl (C=O) groups excluding carboxylic acids is 1. The molecule has 1 aromatic carbocycles. The van der Waals surface area contributed by atoms with E-state index in [0.29, 0.717) is 12.0 Å². The fourth-order valence-electron chi connectivity index (χ4n) is 1.91. The van der Waals surface area contributed by atoms with E-state index in [1.807, 2.05) is 36.4 Å². The van der Waals surface area contributed by atoms with Gasteiger partial charge in [0.05, 0.1) is 6.26 Å². The molecule has 0 aliphatic heterocycles. The SMILES string of the molecule is O=C1C(=Cc2ccccc2)CCC/C1=C\O. The minimum Gasteiger partial charge on any atom is -0.515 e. The summed E-state index contributed by atoms with van der Waals surface area (Å²) in [6, 6.07) is 9.78. The van der Waals surface area contributed by atoms with Gasteiger partial charge in [-0.1, -0.05) is 30.3 Å². The molecule has 82 valence electrons. The van der Waals surface area contributed by atoms with E-state index in [4.69, 9.17) is 5.11 Å². The second-order valence-corrected chi connectivity index (χ2v) is 3.92. The second-order valence-electron chi connectivity index (χ2n) is 3.92. The number of carbonyl (C=O) groups is 1. The van der Waals surface area contributed by atoms with Crippen LogP contribution in [0.3, 0.4) is 0 Å². The summed E-state index contributed by atoms with van der Waals surface area (Å²) in [5, 5.41) is 8.94. The molecule has 1 aliphatic rings. The third-order valence-corrected chi connectivity index (χ3v) is 2.77. The number of Topliss-reactive ketones (excluding diaryl/α,β-unsaturated/α-hetero) is 1. The molecule has 1 N–H and O–H groups in total. The number of benzene rings is 1. The lowest BCUT2D eigenvalue weighted by Gasteiger charge is -2.15. The summed E-state index contributed by atoms with van der Waals surface area (Å²) in [6.45, 7) is 0. The van der Waals surface area contributed by atoms with Crippen LogP contribution in [0.2, 0.25) is 0 Å². The van der Waals surface area contributed by atoms with Crippen LogP contribution in [0, 0.1) is 0 Å². The Bertz CT molecular complexity index is 441. The normalized spacial score (nSPS) is 21.6. The van der Waals surface area contributed by atoms with Crippen molar-refractivity contribution in [3.05, 3.63) is 53.3 Å². The second kappa shape index (κ2) is 4.79. The number of allylic oxidation sites excluding steroid dienone is 2. The first kappa shape index (κ1) is 10.7. The lowest BCUT2D eigenvalue weighted by Crippen LogP contribution is -2.12. The van der Waals surface area contributed by atoms with Gasteiger partial charge in [-0.05, 0) is 30.9 Å². The van der Waals surface area contributed by atoms with Gasteiger partial charge in [0.15, 0.2) is 5.78 Å². The van der Waals surface area contributed by atoms with Gasteiger partial charge < -0.3 is 5.11 Å². The molecule has 1 saturated carbocycles. The molecule has 1 fully saturated rings. The minimum atomic E-state index is -0.0161. The standard InChI is InChI=1S/C14H14O2/c15-10-13-8-4-7-12(14(13)16)9-11-5-2-1-3-6-11/h1-3,5-6,9-10,15H,4,7-8H2/b12-9?,13-10+. The quantitative estimate of drug-likeness (QED) is 0.575. The molecule has 0 bridgehead atoms. The first-order valence-corrected chi connectivity index (χ1v) is 5.45. The van der Waals surface area contributed by atoms with Gasteiger partial charge in [-0.15, -0.1) is 0 Å². The van der Waals surface area contributed by atoms with Gasteiger partial charge in [-0.2, -0.15) is 0 Å². The van der Waals surface area contributed by atoms with E-state index < -0.39 is 0 Å². The van der Waals surface area contributed by atoms with Gasteiger partial charge >= 0.3 is 0 Å². The van der Waals surface area contributed by atoms with Crippen molar-refractivity contribution in [2.75, 3.05) is 0 Å². The number of ketones is 1. The number of aliphatic hydroxyl groups is 1. The van der Waals surface area contributed by atoms with Crippen LogP contribution < -0.4 is 0 Å². The summed E-state index contributed by atoms with van der Waals surface area (Å²) in [5.74, 6) is -0.0161. The van der Waals surface area contributed by atoms with Gasteiger partial charge in [0.2, 0.25) is 0 Å². The van der Waals surface area contributed by atoms with Crippen molar-refractivity contribution >= 4 is 11.9 Å². The third kappa shape index (κ3) is 2.22. The Kier molecular flexibility index (Phi) is 3.20. The number of rotatable bonds is 1. The molecule has 2 nitrogen and oxygen atoms in total. The molecule has 0 saturated heterocycles. The molecule has 1 aliphatic carbocycles. The van der Waals surface area contributed by atoms with Gasteiger partial charge in [-0.25, -0.2) is 0 Å². The van der Waals surface area contributed by atoms with Crippen molar-refractivity contribution in [1.29, 1.82) is 0 Å². The maximum absolute atomic E-state index is 11.9. The van der Waals surface area contributed by atoms with E-state index in [1.165, 1.54) is 0 Å². The van der Waals surface area contributed by atoms with Crippen molar-refractivity contribution in [1.82, 2.24) is 0 Å². The number of aliphatic hydroxyl groups excluding tert-OH is 1. The van der Waals surface area contributed by atoms with Gasteiger partial charge in [0, 0.05) is 11.1 Å². The zero-order valence-corrected chi connectivity index (χ0v) is 9.02. The van der Waals surface area contributed by atoms with Crippen LogP contribution in [0.5, 0.6) is 0 Å². The predicted molar refractivity (Wildman–Crippen MR) is 64.0 cm³/mol. The molecule has 0 atom stereocenters. The molecular weight excluding hydrogens is 200 g/mol. The third-order valence-electron chi connectivity index (χ3n) is 2.77. The Morgan fingerprint density at radius 1 is 1.06 bits per heavy atom. The highest BCUT2D eigenvalue weighted by Gasteiger charge is 2.20. The fourth-order valence-corrected chi connectivity index (χ4v) is 1.91. The highest BCUT2D eigenvalue weighted by atomic mass is 16.2. The maximum Gasteiger partial charge on any atom is 0.188 e. The summed E-state index contributed by atoms with van der Waals surface area (Å²) in [6.07, 6.45) is 5.26. The van der Waals surface area contributed by atoms with E-state index in [9.17, 15) is 4.79 Å². The van der Waals surface area contributed by atoms with Crippen LogP contribution >= 0.6 is 0 Å². The molecule has 1 aromatic rings. The van der Waals surface area contributed by atoms with E-state index in [2.05, 4.69) is 0 Å². The lowest BCUT2D eigenvalue weighted by atomic mass is 9.88. The van der Waals surface area contributed by atoms with Crippen molar-refractivity contribution in [2.24, 2.45) is 0 Å². The molecule has 0 radical (unpaired) electrons. The molecule has 2 rings (SSSR count). The highest BCUT2D eigenvalue weighted by Crippen LogP contribution is 2.25. The molecule has 2 heteroatoms. The zero-order chi connectivity index (χ0) is 11.4. The molecule has 0 heterocycles. The fraction of sp³-hybridized carbons (Fsp3) is 0.214. The Morgan fingerprint density at radius 2 is 1.75 bits per heavy atom. The van der Waals surface area contributed by atoms with Crippen LogP contribution in [0.4, 0.5) is 0 Å². The average Bonchev–Trinajstić information content (AvgIpc) is 2.33. The van der Waals surface area contributed by atoms with Crippen LogP contribution in [-0.4, -0.2) is 10.9 Å². The van der Waals surface area contributed by atoms with E-state index in [0.717, 1.165) is 30.2 Å². The van der Waals surface area contributed by atoms with Gasteiger partial charge in [-0.3, -0.25) is 4.79 Å². The molecule has 0 unspecified atom stereocenters. The summed E-state index contributed by atoms with van der Waals surface area (Å²) in [5.41, 5.74) is 2.34. The number of hydrogen-bond acceptors (Lipinski definition) is 2. The van der Waals surface area contributed by atoms with Crippen molar-refractivity contribution in [2.45, 2.75) is 19.3 Å². The highest BCUT2D eigenvalue weighted by molar-refractivity contribution is 6.11. The Hall–Kier alpha value is -1.83. The molecule has 0 aromatic heterocycles. The minimum absolute atomic E-state index is 0.0161. The Labute approximate surface area is 94.9 Å². The summed E-state index contributed by atoms with van der Waals surface area (Å²) >= 11 is 0.